The Bertz CT molecular complexity index is 1320. The molecule has 0 spiro atoms. The van der Waals surface area contributed by atoms with Gasteiger partial charge in [-0.2, -0.15) is 5.21 Å². The first-order valence-electron chi connectivity index (χ1n) is 13.7. The summed E-state index contributed by atoms with van der Waals surface area (Å²) in [7, 11) is 0. The molecule has 1 aliphatic carbocycles. The number of nitrogens with zero attached hydrogens (tertiary/aromatic N) is 4. The van der Waals surface area contributed by atoms with Gasteiger partial charge in [0.2, 0.25) is 17.6 Å². The van der Waals surface area contributed by atoms with Crippen LogP contribution in [0.1, 0.15) is 52.0 Å². The first-order valence-corrected chi connectivity index (χ1v) is 14.5. The highest BCUT2D eigenvalue weighted by Gasteiger charge is 2.36. The van der Waals surface area contributed by atoms with E-state index < -0.39 is 23.6 Å². The Labute approximate surface area is 247 Å². The molecule has 1 fully saturated rings. The van der Waals surface area contributed by atoms with E-state index in [0.29, 0.717) is 30.9 Å². The molecule has 12 heteroatoms. The minimum atomic E-state index is -0.883. The molecule has 0 bridgehead atoms. The molecule has 11 nitrogen and oxygen atoms in total. The van der Waals surface area contributed by atoms with Crippen molar-refractivity contribution in [2.45, 2.75) is 64.5 Å². The summed E-state index contributed by atoms with van der Waals surface area (Å²) in [5.41, 5.74) is 7.54. The van der Waals surface area contributed by atoms with Crippen molar-refractivity contribution >= 4 is 39.5 Å². The van der Waals surface area contributed by atoms with Crippen LogP contribution < -0.4 is 16.0 Å². The molecule has 4 N–H and O–H groups in total. The Kier molecular flexibility index (Phi) is 9.74. The van der Waals surface area contributed by atoms with Crippen LogP contribution in [0.5, 0.6) is 0 Å². The molecule has 218 valence electrons. The number of nitrogens with two attached hydrogens (primary N) is 1. The van der Waals surface area contributed by atoms with Gasteiger partial charge in [0.05, 0.1) is 0 Å². The van der Waals surface area contributed by atoms with E-state index in [-0.39, 0.29) is 24.2 Å². The third kappa shape index (κ3) is 8.35. The average molecular weight is 627 g/mol. The van der Waals surface area contributed by atoms with Gasteiger partial charge in [0.25, 0.3) is 0 Å². The molecule has 1 saturated carbocycles. The third-order valence-corrected chi connectivity index (χ3v) is 7.63. The summed E-state index contributed by atoms with van der Waals surface area (Å²) in [6, 6.07) is 13.9. The maximum atomic E-state index is 14.1. The molecule has 1 heterocycles. The Morgan fingerprint density at radius 3 is 2.29 bits per heavy atom. The Morgan fingerprint density at radius 1 is 1.07 bits per heavy atom. The summed E-state index contributed by atoms with van der Waals surface area (Å²) in [4.78, 5) is 40.6. The average Bonchev–Trinajstić information content (AvgIpc) is 3.47. The number of ether oxygens (including phenoxy) is 1. The molecule has 1 aliphatic rings. The number of halogens is 1. The van der Waals surface area contributed by atoms with Crippen molar-refractivity contribution in [1.29, 1.82) is 0 Å². The summed E-state index contributed by atoms with van der Waals surface area (Å²) in [6.45, 7) is 5.96. The van der Waals surface area contributed by atoms with Gasteiger partial charge < -0.3 is 15.8 Å². The predicted molar refractivity (Wildman–Crippen MR) is 158 cm³/mol. The smallest absolute Gasteiger partial charge is 0.407 e. The fraction of sp³-hybridized carbons (Fsp3) is 0.448. The van der Waals surface area contributed by atoms with Crippen molar-refractivity contribution in [1.82, 2.24) is 25.9 Å². The Hall–Kier alpha value is -3.80. The number of H-pyrrole nitrogens is 1. The predicted octanol–water partition coefficient (Wildman–Crippen LogP) is 4.39. The first kappa shape index (κ1) is 30.2. The number of benzene rings is 2. The molecule has 0 aliphatic heterocycles. The van der Waals surface area contributed by atoms with E-state index in [0.717, 1.165) is 28.4 Å². The lowest BCUT2D eigenvalue weighted by atomic mass is 9.81. The summed E-state index contributed by atoms with van der Waals surface area (Å²) < 4.78 is 6.25. The van der Waals surface area contributed by atoms with E-state index in [1.54, 1.807) is 29.2 Å². The van der Waals surface area contributed by atoms with Gasteiger partial charge in [-0.3, -0.25) is 14.5 Å². The molecular formula is C29H36BrN7O4. The van der Waals surface area contributed by atoms with Gasteiger partial charge in [-0.1, -0.05) is 28.1 Å². The molecule has 0 radical (unpaired) electrons. The van der Waals surface area contributed by atoms with E-state index in [1.807, 2.05) is 45.0 Å². The number of tetrazole rings is 1. The normalized spacial score (nSPS) is 17.9. The van der Waals surface area contributed by atoms with Gasteiger partial charge >= 0.3 is 6.09 Å². The quantitative estimate of drug-likeness (QED) is 0.318. The second-order valence-corrected chi connectivity index (χ2v) is 12.3. The summed E-state index contributed by atoms with van der Waals surface area (Å²) in [5.74, 6) is -0.343. The molecule has 41 heavy (non-hydrogen) atoms. The number of hydrogen-bond acceptors (Lipinski definition) is 7. The van der Waals surface area contributed by atoms with Gasteiger partial charge in [0.1, 0.15) is 11.6 Å². The monoisotopic (exact) mass is 625 g/mol. The molecule has 0 saturated heterocycles. The van der Waals surface area contributed by atoms with Crippen molar-refractivity contribution < 1.29 is 19.1 Å². The van der Waals surface area contributed by atoms with Crippen molar-refractivity contribution in [3.63, 3.8) is 0 Å². The number of rotatable bonds is 9. The molecular weight excluding hydrogens is 590 g/mol. The van der Waals surface area contributed by atoms with E-state index in [2.05, 4.69) is 41.9 Å². The van der Waals surface area contributed by atoms with Crippen molar-refractivity contribution in [2.24, 2.45) is 17.6 Å². The van der Waals surface area contributed by atoms with Crippen LogP contribution >= 0.6 is 15.9 Å². The number of aromatic amines is 1. The zero-order valence-corrected chi connectivity index (χ0v) is 25.1. The lowest BCUT2D eigenvalue weighted by Gasteiger charge is -2.36. The van der Waals surface area contributed by atoms with Crippen LogP contribution in [0.4, 0.5) is 10.5 Å². The van der Waals surface area contributed by atoms with Crippen LogP contribution in [0, 0.1) is 11.8 Å². The highest BCUT2D eigenvalue weighted by Crippen LogP contribution is 2.33. The number of amides is 3. The largest absolute Gasteiger partial charge is 0.444 e. The number of nitrogens with one attached hydrogen (secondary N) is 2. The second kappa shape index (κ2) is 13.2. The molecule has 2 aromatic carbocycles. The van der Waals surface area contributed by atoms with E-state index in [1.165, 1.54) is 0 Å². The van der Waals surface area contributed by atoms with Gasteiger partial charge in [0.15, 0.2) is 0 Å². The number of primary amides is 1. The Balaban J connectivity index is 1.51. The maximum absolute atomic E-state index is 14.1. The second-order valence-electron chi connectivity index (χ2n) is 11.3. The minimum absolute atomic E-state index is 0.142. The van der Waals surface area contributed by atoms with Crippen LogP contribution in [0.2, 0.25) is 0 Å². The first-order chi connectivity index (χ1) is 19.5. The van der Waals surface area contributed by atoms with Gasteiger partial charge in [-0.25, -0.2) is 4.79 Å². The molecule has 0 unspecified atom stereocenters. The number of aromatic nitrogens is 4. The molecule has 1 aromatic heterocycles. The minimum Gasteiger partial charge on any atom is -0.444 e. The summed E-state index contributed by atoms with van der Waals surface area (Å²) >= 11 is 3.44. The fourth-order valence-electron chi connectivity index (χ4n) is 5.03. The Morgan fingerprint density at radius 2 is 1.73 bits per heavy atom. The van der Waals surface area contributed by atoms with E-state index in [9.17, 15) is 14.4 Å². The summed E-state index contributed by atoms with van der Waals surface area (Å²) in [5, 5.41) is 16.9. The van der Waals surface area contributed by atoms with E-state index in [4.69, 9.17) is 10.5 Å². The fourth-order valence-corrected chi connectivity index (χ4v) is 5.30. The van der Waals surface area contributed by atoms with Crippen LogP contribution in [0.25, 0.3) is 11.4 Å². The van der Waals surface area contributed by atoms with Crippen LogP contribution in [-0.2, 0) is 20.7 Å². The van der Waals surface area contributed by atoms with Gasteiger partial charge in [-0.05, 0) is 99.5 Å². The number of anilines is 1. The zero-order chi connectivity index (χ0) is 29.6. The molecule has 4 rings (SSSR count). The van der Waals surface area contributed by atoms with Crippen molar-refractivity contribution in [2.75, 3.05) is 11.4 Å². The SMILES string of the molecule is CC(C)(C)OC(=O)NCC1CCC(C(=O)N(c2ccc(-c3nn[nH]n3)cc2)[C@@H](Cc2ccc(Br)cc2)C(N)=O)CC1. The van der Waals surface area contributed by atoms with Crippen LogP contribution in [0.15, 0.2) is 53.0 Å². The van der Waals surface area contributed by atoms with Crippen LogP contribution in [-0.4, -0.2) is 56.7 Å². The highest BCUT2D eigenvalue weighted by atomic mass is 79.9. The van der Waals surface area contributed by atoms with Crippen molar-refractivity contribution in [3.8, 4) is 11.4 Å². The van der Waals surface area contributed by atoms with Gasteiger partial charge in [-0.15, -0.1) is 10.2 Å². The highest BCUT2D eigenvalue weighted by molar-refractivity contribution is 9.10. The number of alkyl carbamates (subject to hydrolysis) is 1. The van der Waals surface area contributed by atoms with E-state index >= 15 is 0 Å². The maximum Gasteiger partial charge on any atom is 0.407 e. The number of hydrogen-bond donors (Lipinski definition) is 3. The molecule has 3 aromatic rings. The van der Waals surface area contributed by atoms with Gasteiger partial charge in [0, 0.05) is 34.6 Å². The summed E-state index contributed by atoms with van der Waals surface area (Å²) in [6.07, 6.45) is 2.65. The standard InChI is InChI=1S/C29H36BrN7O4/c1-29(2,3)41-28(40)32-17-19-4-8-21(9-5-19)27(39)37(23-14-10-20(11-15-23)26-33-35-36-34-26)24(25(31)38)16-18-6-12-22(30)13-7-18/h6-7,10-15,19,21,24H,4-5,8-9,16-17H2,1-3H3,(H2,31,38)(H,32,40)(H,33,34,35,36)/t19?,21?,24-/m0/s1. The zero-order valence-electron chi connectivity index (χ0n) is 23.5. The number of carbonyl (C=O) groups is 3. The molecule has 3 amide bonds. The lowest BCUT2D eigenvalue weighted by Crippen LogP contribution is -2.52. The lowest BCUT2D eigenvalue weighted by molar-refractivity contribution is -0.127. The van der Waals surface area contributed by atoms with Crippen LogP contribution in [0.3, 0.4) is 0 Å². The van der Waals surface area contributed by atoms with Crippen molar-refractivity contribution in [3.05, 3.63) is 58.6 Å². The topological polar surface area (TPSA) is 156 Å². The molecule has 1 atom stereocenters. The number of carbonyl (C=O) groups excluding carboxylic acids is 3. The third-order valence-electron chi connectivity index (χ3n) is 7.10.